The van der Waals surface area contributed by atoms with Crippen molar-refractivity contribution in [3.8, 4) is 0 Å². The van der Waals surface area contributed by atoms with Crippen LogP contribution in [0, 0.1) is 11.3 Å². The molecule has 0 aromatic heterocycles. The van der Waals surface area contributed by atoms with E-state index in [4.69, 9.17) is 10.8 Å². The standard InChI is InChI=1S/C6H11NO.ClH/c7-5-2-6(5)1-4(6)3-8;/h4-5,8H,1-3,7H2;1H/t4-,5+,6+;/m0./s1. The number of rotatable bonds is 1. The van der Waals surface area contributed by atoms with Gasteiger partial charge in [-0.3, -0.25) is 0 Å². The average Bonchev–Trinajstić information content (AvgIpc) is 2.55. The number of aliphatic hydroxyl groups excluding tert-OH is 1. The average molecular weight is 150 g/mol. The molecule has 0 heterocycles. The van der Waals surface area contributed by atoms with Crippen LogP contribution in [0.25, 0.3) is 0 Å². The van der Waals surface area contributed by atoms with E-state index in [1.807, 2.05) is 0 Å². The van der Waals surface area contributed by atoms with Crippen molar-refractivity contribution in [3.05, 3.63) is 0 Å². The van der Waals surface area contributed by atoms with Gasteiger partial charge in [0.15, 0.2) is 0 Å². The van der Waals surface area contributed by atoms with Gasteiger partial charge in [-0.25, -0.2) is 0 Å². The summed E-state index contributed by atoms with van der Waals surface area (Å²) < 4.78 is 0. The van der Waals surface area contributed by atoms with Gasteiger partial charge in [0, 0.05) is 12.6 Å². The zero-order valence-corrected chi connectivity index (χ0v) is 6.03. The van der Waals surface area contributed by atoms with Gasteiger partial charge in [0.2, 0.25) is 0 Å². The van der Waals surface area contributed by atoms with Crippen molar-refractivity contribution < 1.29 is 5.11 Å². The summed E-state index contributed by atoms with van der Waals surface area (Å²) in [5.74, 6) is 0.567. The molecule has 0 bridgehead atoms. The number of nitrogens with two attached hydrogens (primary N) is 1. The highest BCUT2D eigenvalue weighted by atomic mass is 35.5. The predicted molar refractivity (Wildman–Crippen MR) is 37.5 cm³/mol. The summed E-state index contributed by atoms with van der Waals surface area (Å²) in [6.45, 7) is 0.355. The van der Waals surface area contributed by atoms with Gasteiger partial charge in [-0.2, -0.15) is 0 Å². The van der Waals surface area contributed by atoms with Gasteiger partial charge in [0.1, 0.15) is 0 Å². The third kappa shape index (κ3) is 0.775. The lowest BCUT2D eigenvalue weighted by molar-refractivity contribution is 0.266. The normalized spacial score (nSPS) is 52.7. The maximum absolute atomic E-state index is 8.64. The molecule has 0 unspecified atom stereocenters. The minimum Gasteiger partial charge on any atom is -0.396 e. The Bertz CT molecular complexity index is 130. The van der Waals surface area contributed by atoms with E-state index >= 15 is 0 Å². The number of aliphatic hydroxyl groups is 1. The molecule has 0 aromatic carbocycles. The first-order valence-corrected chi connectivity index (χ1v) is 3.16. The van der Waals surface area contributed by atoms with Crippen LogP contribution in [-0.4, -0.2) is 17.8 Å². The Hall–Kier alpha value is 0.210. The van der Waals surface area contributed by atoms with Crippen LogP contribution in [0.4, 0.5) is 0 Å². The third-order valence-electron chi connectivity index (χ3n) is 2.68. The van der Waals surface area contributed by atoms with E-state index in [2.05, 4.69) is 0 Å². The van der Waals surface area contributed by atoms with E-state index in [0.717, 1.165) is 6.42 Å². The third-order valence-corrected chi connectivity index (χ3v) is 2.68. The number of halogens is 1. The molecule has 3 N–H and O–H groups in total. The minimum atomic E-state index is 0. The zero-order chi connectivity index (χ0) is 5.78. The van der Waals surface area contributed by atoms with Crippen molar-refractivity contribution in [2.24, 2.45) is 17.1 Å². The van der Waals surface area contributed by atoms with E-state index in [-0.39, 0.29) is 12.4 Å². The summed E-state index contributed by atoms with van der Waals surface area (Å²) in [6, 6.07) is 0.430. The smallest absolute Gasteiger partial charge is 0.0465 e. The topological polar surface area (TPSA) is 46.2 Å². The fourth-order valence-electron chi connectivity index (χ4n) is 1.70. The lowest BCUT2D eigenvalue weighted by Crippen LogP contribution is -2.04. The van der Waals surface area contributed by atoms with Crippen molar-refractivity contribution in [2.75, 3.05) is 6.61 Å². The predicted octanol–water partition coefficient (Wildman–Crippen LogP) is 0.138. The molecule has 0 saturated heterocycles. The molecule has 0 radical (unpaired) electrons. The lowest BCUT2D eigenvalue weighted by Gasteiger charge is -1.85. The van der Waals surface area contributed by atoms with Crippen molar-refractivity contribution in [3.63, 3.8) is 0 Å². The van der Waals surface area contributed by atoms with Crippen LogP contribution in [0.2, 0.25) is 0 Å². The minimum absolute atomic E-state index is 0. The molecule has 0 amide bonds. The molecule has 0 aromatic rings. The molecule has 2 fully saturated rings. The maximum Gasteiger partial charge on any atom is 0.0465 e. The van der Waals surface area contributed by atoms with E-state index in [9.17, 15) is 0 Å². The van der Waals surface area contributed by atoms with Crippen LogP contribution >= 0.6 is 12.4 Å². The van der Waals surface area contributed by atoms with Crippen molar-refractivity contribution in [1.82, 2.24) is 0 Å². The Morgan fingerprint density at radius 1 is 1.56 bits per heavy atom. The quantitative estimate of drug-likeness (QED) is 0.557. The van der Waals surface area contributed by atoms with Crippen LogP contribution in [0.15, 0.2) is 0 Å². The summed E-state index contributed by atoms with van der Waals surface area (Å²) in [7, 11) is 0. The molecule has 1 spiro atoms. The van der Waals surface area contributed by atoms with Crippen LogP contribution in [0.3, 0.4) is 0 Å². The second-order valence-corrected chi connectivity index (χ2v) is 3.13. The molecule has 2 aliphatic carbocycles. The molecular formula is C6H12ClNO. The molecule has 3 heteroatoms. The summed E-state index contributed by atoms with van der Waals surface area (Å²) >= 11 is 0. The van der Waals surface area contributed by atoms with Crippen molar-refractivity contribution >= 4 is 12.4 Å². The highest BCUT2D eigenvalue weighted by molar-refractivity contribution is 5.85. The zero-order valence-electron chi connectivity index (χ0n) is 5.21. The lowest BCUT2D eigenvalue weighted by atomic mass is 10.3. The van der Waals surface area contributed by atoms with E-state index in [0.29, 0.717) is 24.0 Å². The monoisotopic (exact) mass is 149 g/mol. The van der Waals surface area contributed by atoms with Gasteiger partial charge in [-0.1, -0.05) is 0 Å². The summed E-state index contributed by atoms with van der Waals surface area (Å²) in [6.07, 6.45) is 2.35. The van der Waals surface area contributed by atoms with Crippen molar-refractivity contribution in [2.45, 2.75) is 18.9 Å². The van der Waals surface area contributed by atoms with Gasteiger partial charge in [0.25, 0.3) is 0 Å². The second-order valence-electron chi connectivity index (χ2n) is 3.13. The van der Waals surface area contributed by atoms with Gasteiger partial charge in [-0.05, 0) is 24.2 Å². The first kappa shape index (κ1) is 7.32. The summed E-state index contributed by atoms with van der Waals surface area (Å²) in [4.78, 5) is 0. The fourth-order valence-corrected chi connectivity index (χ4v) is 1.70. The van der Waals surface area contributed by atoms with E-state index < -0.39 is 0 Å². The second kappa shape index (κ2) is 1.84. The number of hydrogen-bond acceptors (Lipinski definition) is 2. The Balaban J connectivity index is 0.000000405. The first-order valence-electron chi connectivity index (χ1n) is 3.16. The molecule has 0 aliphatic heterocycles. The van der Waals surface area contributed by atoms with E-state index in [1.54, 1.807) is 0 Å². The van der Waals surface area contributed by atoms with Crippen LogP contribution in [0.5, 0.6) is 0 Å². The largest absolute Gasteiger partial charge is 0.396 e. The van der Waals surface area contributed by atoms with Gasteiger partial charge in [-0.15, -0.1) is 12.4 Å². The molecule has 2 nitrogen and oxygen atoms in total. The highest BCUT2D eigenvalue weighted by Crippen LogP contribution is 2.69. The summed E-state index contributed by atoms with van der Waals surface area (Å²) in [5.41, 5.74) is 6.07. The SMILES string of the molecule is Cl.N[C@@H]1C[C@@]12C[C@H]2CO. The molecule has 9 heavy (non-hydrogen) atoms. The molecule has 3 atom stereocenters. The van der Waals surface area contributed by atoms with Gasteiger partial charge < -0.3 is 10.8 Å². The van der Waals surface area contributed by atoms with Gasteiger partial charge in [0.05, 0.1) is 0 Å². The van der Waals surface area contributed by atoms with Gasteiger partial charge >= 0.3 is 0 Å². The molecule has 54 valence electrons. The highest BCUT2D eigenvalue weighted by Gasteiger charge is 2.68. The van der Waals surface area contributed by atoms with Crippen molar-refractivity contribution in [1.29, 1.82) is 0 Å². The molecule has 2 rings (SSSR count). The Kier molecular flexibility index (Phi) is 1.50. The van der Waals surface area contributed by atoms with Crippen LogP contribution in [0.1, 0.15) is 12.8 Å². The van der Waals surface area contributed by atoms with E-state index in [1.165, 1.54) is 6.42 Å². The number of hydrogen-bond donors (Lipinski definition) is 2. The first-order chi connectivity index (χ1) is 3.79. The maximum atomic E-state index is 8.64. The van der Waals surface area contributed by atoms with Crippen LogP contribution in [-0.2, 0) is 0 Å². The summed E-state index contributed by atoms with van der Waals surface area (Å²) in [5, 5.41) is 8.64. The molecular weight excluding hydrogens is 138 g/mol. The molecule has 2 saturated carbocycles. The Labute approximate surface area is 60.8 Å². The fraction of sp³-hybridized carbons (Fsp3) is 1.00. The van der Waals surface area contributed by atoms with Crippen LogP contribution < -0.4 is 5.73 Å². The Morgan fingerprint density at radius 2 is 2.11 bits per heavy atom. The Morgan fingerprint density at radius 3 is 2.22 bits per heavy atom. The molecule has 2 aliphatic rings.